The summed E-state index contributed by atoms with van der Waals surface area (Å²) in [6.07, 6.45) is 8.81. The van der Waals surface area contributed by atoms with Gasteiger partial charge in [0.2, 0.25) is 0 Å². The van der Waals surface area contributed by atoms with Gasteiger partial charge in [0.1, 0.15) is 0 Å². The summed E-state index contributed by atoms with van der Waals surface area (Å²) in [6, 6.07) is 9.00. The smallest absolute Gasteiger partial charge is 0.0449 e. The molecule has 0 spiro atoms. The van der Waals surface area contributed by atoms with E-state index in [4.69, 9.17) is 0 Å². The highest BCUT2D eigenvalue weighted by atomic mass is 32.1. The van der Waals surface area contributed by atoms with Crippen molar-refractivity contribution < 1.29 is 0 Å². The molecular weight excluding hydrogens is 244 g/mol. The topological polar surface area (TPSA) is 0 Å². The standard InChI is InChI=1S/C15H14S2/c1-2-12-7-8-14(16-12)15-10-9-13(17-15)11-5-3-4-6-11/h3-5,7-10H,2,6H2,1H3. The van der Waals surface area contributed by atoms with Gasteiger partial charge in [-0.15, -0.1) is 22.7 Å². The van der Waals surface area contributed by atoms with E-state index in [1.165, 1.54) is 25.1 Å². The minimum absolute atomic E-state index is 1.09. The number of hydrogen-bond acceptors (Lipinski definition) is 2. The Labute approximate surface area is 110 Å². The normalized spacial score (nSPS) is 14.3. The van der Waals surface area contributed by atoms with Gasteiger partial charge >= 0.3 is 0 Å². The lowest BCUT2D eigenvalue weighted by molar-refractivity contribution is 1.19. The summed E-state index contributed by atoms with van der Waals surface area (Å²) < 4.78 is 0. The molecule has 0 saturated carbocycles. The first-order valence-electron chi connectivity index (χ1n) is 5.92. The van der Waals surface area contributed by atoms with Gasteiger partial charge in [-0.1, -0.05) is 25.2 Å². The van der Waals surface area contributed by atoms with Crippen LogP contribution in [0.15, 0.2) is 42.5 Å². The molecule has 2 heterocycles. The van der Waals surface area contributed by atoms with Gasteiger partial charge in [0.05, 0.1) is 0 Å². The second-order valence-electron chi connectivity index (χ2n) is 4.11. The highest BCUT2D eigenvalue weighted by Gasteiger charge is 2.09. The third-order valence-corrected chi connectivity index (χ3v) is 5.53. The molecule has 0 unspecified atom stereocenters. The summed E-state index contributed by atoms with van der Waals surface area (Å²) in [5, 5.41) is 0. The molecule has 0 aromatic carbocycles. The Morgan fingerprint density at radius 3 is 2.47 bits per heavy atom. The lowest BCUT2D eigenvalue weighted by Crippen LogP contribution is -1.70. The summed E-state index contributed by atoms with van der Waals surface area (Å²) in [4.78, 5) is 5.69. The van der Waals surface area contributed by atoms with Crippen LogP contribution < -0.4 is 0 Å². The molecule has 0 saturated heterocycles. The molecule has 0 nitrogen and oxygen atoms in total. The maximum atomic E-state index is 2.25. The summed E-state index contributed by atoms with van der Waals surface area (Å²) in [6.45, 7) is 2.21. The maximum Gasteiger partial charge on any atom is 0.0449 e. The van der Waals surface area contributed by atoms with Crippen LogP contribution in [-0.2, 0) is 6.42 Å². The molecule has 2 heteroatoms. The molecule has 3 rings (SSSR count). The van der Waals surface area contributed by atoms with Gasteiger partial charge in [0.25, 0.3) is 0 Å². The van der Waals surface area contributed by atoms with E-state index in [9.17, 15) is 0 Å². The van der Waals surface area contributed by atoms with E-state index in [-0.39, 0.29) is 0 Å². The molecule has 1 aliphatic carbocycles. The predicted molar refractivity (Wildman–Crippen MR) is 78.7 cm³/mol. The minimum atomic E-state index is 1.09. The zero-order valence-electron chi connectivity index (χ0n) is 9.77. The Balaban J connectivity index is 1.89. The number of aryl methyl sites for hydroxylation is 1. The van der Waals surface area contributed by atoms with Crippen LogP contribution in [0.1, 0.15) is 23.1 Å². The molecule has 0 radical (unpaired) electrons. The first kappa shape index (κ1) is 11.0. The molecule has 2 aromatic heterocycles. The SMILES string of the molecule is CCc1ccc(-c2ccc(C3=CC=CC3)s2)s1. The lowest BCUT2D eigenvalue weighted by Gasteiger charge is -1.95. The second kappa shape index (κ2) is 4.63. The number of hydrogen-bond donors (Lipinski definition) is 0. The van der Waals surface area contributed by atoms with Crippen LogP contribution in [0.4, 0.5) is 0 Å². The van der Waals surface area contributed by atoms with Crippen molar-refractivity contribution in [1.29, 1.82) is 0 Å². The highest BCUT2D eigenvalue weighted by Crippen LogP contribution is 2.37. The van der Waals surface area contributed by atoms with Gasteiger partial charge in [0.15, 0.2) is 0 Å². The fraction of sp³-hybridized carbons (Fsp3) is 0.200. The first-order valence-corrected chi connectivity index (χ1v) is 7.55. The Morgan fingerprint density at radius 2 is 1.76 bits per heavy atom. The van der Waals surface area contributed by atoms with E-state index in [1.54, 1.807) is 0 Å². The van der Waals surface area contributed by atoms with Crippen molar-refractivity contribution in [3.05, 3.63) is 52.2 Å². The van der Waals surface area contributed by atoms with Crippen LogP contribution in [-0.4, -0.2) is 0 Å². The van der Waals surface area contributed by atoms with Crippen molar-refractivity contribution in [3.8, 4) is 9.75 Å². The molecule has 86 valence electrons. The second-order valence-corrected chi connectivity index (χ2v) is 6.36. The molecule has 0 fully saturated rings. The molecular formula is C15H14S2. The van der Waals surface area contributed by atoms with Gasteiger partial charge < -0.3 is 0 Å². The van der Waals surface area contributed by atoms with Crippen LogP contribution in [0, 0.1) is 0 Å². The van der Waals surface area contributed by atoms with Crippen molar-refractivity contribution >= 4 is 28.2 Å². The van der Waals surface area contributed by atoms with Crippen molar-refractivity contribution in [2.24, 2.45) is 0 Å². The lowest BCUT2D eigenvalue weighted by atomic mass is 10.2. The fourth-order valence-electron chi connectivity index (χ4n) is 1.97. The summed E-state index contributed by atoms with van der Waals surface area (Å²) in [5.74, 6) is 0. The third kappa shape index (κ3) is 2.15. The number of thiophene rings is 2. The number of rotatable bonds is 3. The van der Waals surface area contributed by atoms with Crippen LogP contribution in [0.2, 0.25) is 0 Å². The average molecular weight is 258 g/mol. The van der Waals surface area contributed by atoms with Gasteiger partial charge in [-0.2, -0.15) is 0 Å². The summed E-state index contributed by atoms with van der Waals surface area (Å²) in [7, 11) is 0. The molecule has 0 aliphatic heterocycles. The number of allylic oxidation sites excluding steroid dienone is 4. The quantitative estimate of drug-likeness (QED) is 0.693. The van der Waals surface area contributed by atoms with E-state index in [2.05, 4.69) is 49.4 Å². The minimum Gasteiger partial charge on any atom is -0.139 e. The van der Waals surface area contributed by atoms with Gasteiger partial charge in [0, 0.05) is 19.5 Å². The summed E-state index contributed by atoms with van der Waals surface area (Å²) in [5.41, 5.74) is 1.45. The summed E-state index contributed by atoms with van der Waals surface area (Å²) >= 11 is 3.83. The average Bonchev–Trinajstić information content (AvgIpc) is 3.09. The molecule has 17 heavy (non-hydrogen) atoms. The van der Waals surface area contributed by atoms with E-state index in [0.717, 1.165) is 12.8 Å². The third-order valence-electron chi connectivity index (χ3n) is 2.95. The Hall–Kier alpha value is -1.12. The largest absolute Gasteiger partial charge is 0.139 e. The molecule has 0 atom stereocenters. The van der Waals surface area contributed by atoms with Crippen LogP contribution >= 0.6 is 22.7 Å². The molecule has 0 bridgehead atoms. The Kier molecular flexibility index (Phi) is 3.00. The molecule has 2 aromatic rings. The molecule has 1 aliphatic rings. The van der Waals surface area contributed by atoms with Crippen molar-refractivity contribution in [3.63, 3.8) is 0 Å². The fourth-order valence-corrected chi connectivity index (χ4v) is 4.05. The first-order chi connectivity index (χ1) is 8.36. The van der Waals surface area contributed by atoms with E-state index >= 15 is 0 Å². The molecule has 0 N–H and O–H groups in total. The van der Waals surface area contributed by atoms with Crippen molar-refractivity contribution in [1.82, 2.24) is 0 Å². The zero-order chi connectivity index (χ0) is 11.7. The van der Waals surface area contributed by atoms with Gasteiger partial charge in [-0.05, 0) is 42.7 Å². The van der Waals surface area contributed by atoms with Crippen LogP contribution in [0.3, 0.4) is 0 Å². The van der Waals surface area contributed by atoms with Gasteiger partial charge in [-0.3, -0.25) is 0 Å². The molecule has 0 amide bonds. The van der Waals surface area contributed by atoms with Crippen LogP contribution in [0.25, 0.3) is 15.3 Å². The highest BCUT2D eigenvalue weighted by molar-refractivity contribution is 7.22. The monoisotopic (exact) mass is 258 g/mol. The van der Waals surface area contributed by atoms with Crippen LogP contribution in [0.5, 0.6) is 0 Å². The maximum absolute atomic E-state index is 2.25. The zero-order valence-corrected chi connectivity index (χ0v) is 11.4. The Bertz CT molecular complexity index is 582. The Morgan fingerprint density at radius 1 is 1.00 bits per heavy atom. The van der Waals surface area contributed by atoms with E-state index < -0.39 is 0 Å². The van der Waals surface area contributed by atoms with E-state index in [0.29, 0.717) is 0 Å². The predicted octanol–water partition coefficient (Wildman–Crippen LogP) is 5.38. The van der Waals surface area contributed by atoms with Gasteiger partial charge in [-0.25, -0.2) is 0 Å². The van der Waals surface area contributed by atoms with Crippen molar-refractivity contribution in [2.75, 3.05) is 0 Å². The van der Waals surface area contributed by atoms with E-state index in [1.807, 2.05) is 22.7 Å². The van der Waals surface area contributed by atoms with Crippen molar-refractivity contribution in [2.45, 2.75) is 19.8 Å².